The highest BCUT2D eigenvalue weighted by molar-refractivity contribution is 5.93. The summed E-state index contributed by atoms with van der Waals surface area (Å²) in [6.45, 7) is 1.51. The predicted molar refractivity (Wildman–Crippen MR) is 119 cm³/mol. The van der Waals surface area contributed by atoms with Crippen molar-refractivity contribution in [2.75, 3.05) is 32.8 Å². The van der Waals surface area contributed by atoms with E-state index in [2.05, 4.69) is 5.32 Å². The molecule has 0 saturated heterocycles. The number of nitrogens with zero attached hydrogens (tertiary/aromatic N) is 1. The van der Waals surface area contributed by atoms with Crippen LogP contribution in [0.25, 0.3) is 10.8 Å². The predicted octanol–water partition coefficient (Wildman–Crippen LogP) is 2.60. The maximum absolute atomic E-state index is 12.9. The third kappa shape index (κ3) is 5.18. The van der Waals surface area contributed by atoms with E-state index in [9.17, 15) is 14.4 Å². The fraction of sp³-hybridized carbons (Fsp3) is 0.261. The molecule has 0 aliphatic carbocycles. The second-order valence-electron chi connectivity index (χ2n) is 6.67. The van der Waals surface area contributed by atoms with Crippen molar-refractivity contribution in [3.05, 3.63) is 59.0 Å². The molecular weight excluding hydrogens is 416 g/mol. The van der Waals surface area contributed by atoms with Crippen molar-refractivity contribution in [3.63, 3.8) is 0 Å². The number of carbonyl (C=O) groups is 2. The Bertz CT molecular complexity index is 1190. The maximum Gasteiger partial charge on any atom is 0.344 e. The van der Waals surface area contributed by atoms with Crippen molar-refractivity contribution in [1.82, 2.24) is 4.57 Å². The lowest BCUT2D eigenvalue weighted by molar-refractivity contribution is -0.145. The minimum atomic E-state index is -0.497. The molecule has 168 valence electrons. The molecule has 0 aliphatic heterocycles. The van der Waals surface area contributed by atoms with E-state index in [0.717, 1.165) is 0 Å². The smallest absolute Gasteiger partial charge is 0.344 e. The molecule has 32 heavy (non-hydrogen) atoms. The molecule has 9 nitrogen and oxygen atoms in total. The van der Waals surface area contributed by atoms with Gasteiger partial charge in [0, 0.05) is 17.6 Å². The Hall–Kier alpha value is -4.01. The standard InChI is InChI=1S/C23H24N2O7/c1-4-31-22(27)14-32-19-7-5-6-17-16(19)10-11-25(23(17)28)13-21(26)24-18-9-8-15(29-2)12-20(18)30-3/h5-12H,4,13-14H2,1-3H3,(H,24,26). The lowest BCUT2D eigenvalue weighted by Crippen LogP contribution is -2.27. The van der Waals surface area contributed by atoms with Crippen molar-refractivity contribution in [2.24, 2.45) is 0 Å². The highest BCUT2D eigenvalue weighted by Gasteiger charge is 2.13. The summed E-state index contributed by atoms with van der Waals surface area (Å²) in [6, 6.07) is 11.6. The number of esters is 1. The normalized spacial score (nSPS) is 10.5. The largest absolute Gasteiger partial charge is 0.497 e. The first-order valence-corrected chi connectivity index (χ1v) is 9.89. The SMILES string of the molecule is CCOC(=O)COc1cccc2c(=O)n(CC(=O)Nc3ccc(OC)cc3OC)ccc12. The molecule has 1 amide bonds. The zero-order valence-corrected chi connectivity index (χ0v) is 18.0. The van der Waals surface area contributed by atoms with Crippen LogP contribution in [0.1, 0.15) is 6.92 Å². The third-order valence-corrected chi connectivity index (χ3v) is 4.63. The number of nitrogens with one attached hydrogen (secondary N) is 1. The van der Waals surface area contributed by atoms with Crippen LogP contribution in [0.2, 0.25) is 0 Å². The summed E-state index contributed by atoms with van der Waals surface area (Å²) < 4.78 is 22.1. The lowest BCUT2D eigenvalue weighted by atomic mass is 10.1. The second kappa shape index (κ2) is 10.3. The van der Waals surface area contributed by atoms with Gasteiger partial charge in [0.15, 0.2) is 6.61 Å². The first-order chi connectivity index (χ1) is 15.5. The fourth-order valence-electron chi connectivity index (χ4n) is 3.13. The minimum Gasteiger partial charge on any atom is -0.497 e. The molecule has 1 heterocycles. The van der Waals surface area contributed by atoms with Gasteiger partial charge in [0.1, 0.15) is 23.8 Å². The van der Waals surface area contributed by atoms with Gasteiger partial charge in [-0.3, -0.25) is 9.59 Å². The number of ether oxygens (including phenoxy) is 4. The number of hydrogen-bond donors (Lipinski definition) is 1. The zero-order valence-electron chi connectivity index (χ0n) is 18.0. The van der Waals surface area contributed by atoms with Crippen LogP contribution >= 0.6 is 0 Å². The summed E-state index contributed by atoms with van der Waals surface area (Å²) >= 11 is 0. The van der Waals surface area contributed by atoms with E-state index in [4.69, 9.17) is 18.9 Å². The van der Waals surface area contributed by atoms with Gasteiger partial charge in [0.25, 0.3) is 5.56 Å². The number of anilines is 1. The minimum absolute atomic E-state index is 0.197. The van der Waals surface area contributed by atoms with E-state index in [1.807, 2.05) is 0 Å². The Kier molecular flexibility index (Phi) is 7.33. The number of fused-ring (bicyclic) bond motifs is 1. The summed E-state index contributed by atoms with van der Waals surface area (Å²) in [7, 11) is 3.02. The summed E-state index contributed by atoms with van der Waals surface area (Å²) in [5.41, 5.74) is 0.0997. The van der Waals surface area contributed by atoms with Crippen LogP contribution in [0.3, 0.4) is 0 Å². The van der Waals surface area contributed by atoms with E-state index in [0.29, 0.717) is 33.7 Å². The van der Waals surface area contributed by atoms with E-state index in [1.54, 1.807) is 49.4 Å². The van der Waals surface area contributed by atoms with Crippen LogP contribution in [0.4, 0.5) is 5.69 Å². The fourth-order valence-corrected chi connectivity index (χ4v) is 3.13. The van der Waals surface area contributed by atoms with Crippen molar-refractivity contribution in [3.8, 4) is 17.2 Å². The van der Waals surface area contributed by atoms with Crippen LogP contribution in [0, 0.1) is 0 Å². The molecule has 0 radical (unpaired) electrons. The highest BCUT2D eigenvalue weighted by Crippen LogP contribution is 2.29. The third-order valence-electron chi connectivity index (χ3n) is 4.63. The van der Waals surface area contributed by atoms with Crippen LogP contribution in [0.15, 0.2) is 53.5 Å². The monoisotopic (exact) mass is 440 g/mol. The van der Waals surface area contributed by atoms with Gasteiger partial charge in [-0.2, -0.15) is 0 Å². The molecule has 0 spiro atoms. The molecule has 0 bridgehead atoms. The molecule has 1 N–H and O–H groups in total. The average molecular weight is 440 g/mol. The van der Waals surface area contributed by atoms with Crippen molar-refractivity contribution < 1.29 is 28.5 Å². The molecule has 0 saturated carbocycles. The summed E-state index contributed by atoms with van der Waals surface area (Å²) in [4.78, 5) is 37.0. The molecule has 0 atom stereocenters. The summed E-state index contributed by atoms with van der Waals surface area (Å²) in [6.07, 6.45) is 1.51. The quantitative estimate of drug-likeness (QED) is 0.510. The van der Waals surface area contributed by atoms with Crippen molar-refractivity contribution in [1.29, 1.82) is 0 Å². The van der Waals surface area contributed by atoms with E-state index < -0.39 is 11.9 Å². The van der Waals surface area contributed by atoms with Crippen LogP contribution in [-0.4, -0.2) is 43.9 Å². The van der Waals surface area contributed by atoms with Gasteiger partial charge in [-0.05, 0) is 37.3 Å². The lowest BCUT2D eigenvalue weighted by Gasteiger charge is -2.13. The molecular formula is C23H24N2O7. The van der Waals surface area contributed by atoms with Gasteiger partial charge >= 0.3 is 5.97 Å². The van der Waals surface area contributed by atoms with Crippen molar-refractivity contribution in [2.45, 2.75) is 13.5 Å². The van der Waals surface area contributed by atoms with Gasteiger partial charge in [-0.25, -0.2) is 4.79 Å². The van der Waals surface area contributed by atoms with E-state index in [-0.39, 0.29) is 25.3 Å². The van der Waals surface area contributed by atoms with Gasteiger partial charge in [0.05, 0.1) is 31.9 Å². The topological polar surface area (TPSA) is 105 Å². The number of hydrogen-bond acceptors (Lipinski definition) is 7. The molecule has 3 aromatic rings. The number of carbonyl (C=O) groups excluding carboxylic acids is 2. The zero-order chi connectivity index (χ0) is 23.1. The van der Waals surface area contributed by atoms with Gasteiger partial charge in [-0.15, -0.1) is 0 Å². The van der Waals surface area contributed by atoms with E-state index >= 15 is 0 Å². The molecule has 0 fully saturated rings. The van der Waals surface area contributed by atoms with Gasteiger partial charge in [0.2, 0.25) is 5.91 Å². The first-order valence-electron chi connectivity index (χ1n) is 9.89. The Morgan fingerprint density at radius 3 is 2.53 bits per heavy atom. The number of rotatable bonds is 9. The van der Waals surface area contributed by atoms with Crippen LogP contribution in [-0.2, 0) is 20.9 Å². The molecule has 9 heteroatoms. The molecule has 3 rings (SSSR count). The number of methoxy groups -OCH3 is 2. The number of pyridine rings is 1. The maximum atomic E-state index is 12.9. The van der Waals surface area contributed by atoms with Crippen LogP contribution in [0.5, 0.6) is 17.2 Å². The number of aromatic nitrogens is 1. The Morgan fingerprint density at radius 1 is 1.00 bits per heavy atom. The number of benzene rings is 2. The molecule has 1 aromatic heterocycles. The van der Waals surface area contributed by atoms with Gasteiger partial charge in [-0.1, -0.05) is 6.07 Å². The van der Waals surface area contributed by atoms with E-state index in [1.165, 1.54) is 25.0 Å². The van der Waals surface area contributed by atoms with Crippen molar-refractivity contribution >= 4 is 28.3 Å². The Labute approximate surface area is 184 Å². The molecule has 0 aliphatic rings. The molecule has 0 unspecified atom stereocenters. The average Bonchev–Trinajstić information content (AvgIpc) is 2.80. The van der Waals surface area contributed by atoms with Crippen LogP contribution < -0.4 is 25.1 Å². The van der Waals surface area contributed by atoms with Gasteiger partial charge < -0.3 is 28.8 Å². The number of amides is 1. The summed E-state index contributed by atoms with van der Waals surface area (Å²) in [5, 5.41) is 3.64. The second-order valence-corrected chi connectivity index (χ2v) is 6.67. The first kappa shape index (κ1) is 22.7. The summed E-state index contributed by atoms with van der Waals surface area (Å²) in [5.74, 6) is 0.513. The molecule has 2 aromatic carbocycles. The Balaban J connectivity index is 1.78. The Morgan fingerprint density at radius 2 is 1.81 bits per heavy atom. The highest BCUT2D eigenvalue weighted by atomic mass is 16.6.